The second kappa shape index (κ2) is 8.48. The largest absolute Gasteiger partial charge is 0.481 e. The van der Waals surface area contributed by atoms with Gasteiger partial charge in [0.25, 0.3) is 5.91 Å². The molecule has 1 N–H and O–H groups in total. The first-order valence-electron chi connectivity index (χ1n) is 9.62. The van der Waals surface area contributed by atoms with Crippen LogP contribution in [-0.4, -0.2) is 35.9 Å². The van der Waals surface area contributed by atoms with Gasteiger partial charge in [-0.1, -0.05) is 26.8 Å². The number of amides is 1. The Balaban J connectivity index is 2.10. The molecule has 0 saturated carbocycles. The van der Waals surface area contributed by atoms with Crippen LogP contribution in [0.2, 0.25) is 0 Å². The van der Waals surface area contributed by atoms with Gasteiger partial charge in [-0.05, 0) is 35.7 Å². The molecule has 160 valence electrons. The number of fused-ring (bicyclic) bond motifs is 2. The molecule has 0 atom stereocenters. The fraction of sp³-hybridized carbons (Fsp3) is 0.304. The van der Waals surface area contributed by atoms with E-state index in [9.17, 15) is 19.6 Å². The van der Waals surface area contributed by atoms with E-state index >= 15 is 0 Å². The van der Waals surface area contributed by atoms with Crippen molar-refractivity contribution in [2.24, 2.45) is 5.41 Å². The van der Waals surface area contributed by atoms with E-state index in [1.54, 1.807) is 24.3 Å². The van der Waals surface area contributed by atoms with Crippen molar-refractivity contribution >= 4 is 23.3 Å². The van der Waals surface area contributed by atoms with E-state index in [0.717, 1.165) is 0 Å². The Bertz CT molecular complexity index is 1090. The number of Topliss-reactive ketones (excluding diaryl/α,β-unsaturated/α-hetero) is 1. The molecule has 0 unspecified atom stereocenters. The van der Waals surface area contributed by atoms with E-state index in [0.29, 0.717) is 11.3 Å². The molecule has 0 saturated heterocycles. The molecule has 0 fully saturated rings. The maximum absolute atomic E-state index is 13.5. The van der Waals surface area contributed by atoms with Gasteiger partial charge >= 0.3 is 5.97 Å². The molecule has 0 aliphatic carbocycles. The monoisotopic (exact) mass is 422 g/mol. The maximum Gasteiger partial charge on any atom is 0.341 e. The van der Waals surface area contributed by atoms with E-state index in [-0.39, 0.29) is 46.9 Å². The van der Waals surface area contributed by atoms with E-state index in [2.05, 4.69) is 0 Å². The van der Waals surface area contributed by atoms with Crippen LogP contribution in [0.25, 0.3) is 0 Å². The van der Waals surface area contributed by atoms with Gasteiger partial charge in [0.2, 0.25) is 0 Å². The summed E-state index contributed by atoms with van der Waals surface area (Å²) in [5, 5.41) is 18.3. The predicted molar refractivity (Wildman–Crippen MR) is 112 cm³/mol. The van der Waals surface area contributed by atoms with Crippen molar-refractivity contribution < 1.29 is 29.0 Å². The van der Waals surface area contributed by atoms with Crippen molar-refractivity contribution in [2.45, 2.75) is 27.2 Å². The fourth-order valence-corrected chi connectivity index (χ4v) is 3.29. The normalized spacial score (nSPS) is 12.7. The Kier molecular flexibility index (Phi) is 5.97. The number of ether oxygens (including phenoxy) is 2. The zero-order valence-corrected chi connectivity index (χ0v) is 17.5. The molecule has 31 heavy (non-hydrogen) atoms. The summed E-state index contributed by atoms with van der Waals surface area (Å²) in [6.45, 7) is 4.90. The lowest BCUT2D eigenvalue weighted by molar-refractivity contribution is -0.139. The molecule has 8 heteroatoms. The number of nitriles is 1. The van der Waals surface area contributed by atoms with Crippen LogP contribution in [0.3, 0.4) is 0 Å². The molecule has 0 bridgehead atoms. The van der Waals surface area contributed by atoms with E-state index in [4.69, 9.17) is 14.6 Å². The molecule has 2 aromatic rings. The van der Waals surface area contributed by atoms with Crippen LogP contribution in [0.1, 0.15) is 43.1 Å². The molecule has 0 radical (unpaired) electrons. The predicted octanol–water partition coefficient (Wildman–Crippen LogP) is 3.78. The Morgan fingerprint density at radius 3 is 2.58 bits per heavy atom. The van der Waals surface area contributed by atoms with Gasteiger partial charge in [-0.3, -0.25) is 14.5 Å². The molecule has 3 rings (SSSR count). The molecular weight excluding hydrogens is 400 g/mol. The standard InChI is InChI=1S/C23H22N2O6/c1-23(2,3)10-15(26)12-25-16-9-14(11-24)7-8-17(16)31-19-6-4-5-18(21(19)22(25)29)30-13-20(27)28/h4-9H,10,12-13H2,1-3H3,(H,27,28). The SMILES string of the molecule is CC(C)(C)CC(=O)CN1C(=O)c2c(OCC(=O)O)cccc2Oc2ccc(C#N)cc21. The highest BCUT2D eigenvalue weighted by molar-refractivity contribution is 6.13. The summed E-state index contributed by atoms with van der Waals surface area (Å²) in [6, 6.07) is 11.2. The van der Waals surface area contributed by atoms with E-state index in [1.165, 1.54) is 17.0 Å². The Morgan fingerprint density at radius 2 is 1.94 bits per heavy atom. The number of benzene rings is 2. The first-order valence-corrected chi connectivity index (χ1v) is 9.62. The zero-order valence-electron chi connectivity index (χ0n) is 17.5. The van der Waals surface area contributed by atoms with Crippen LogP contribution >= 0.6 is 0 Å². The first kappa shape index (κ1) is 21.8. The average molecular weight is 422 g/mol. The average Bonchev–Trinajstić information content (AvgIpc) is 2.79. The van der Waals surface area contributed by atoms with Crippen LogP contribution in [-0.2, 0) is 9.59 Å². The van der Waals surface area contributed by atoms with Crippen LogP contribution in [0.4, 0.5) is 5.69 Å². The van der Waals surface area contributed by atoms with Gasteiger partial charge in [-0.2, -0.15) is 5.26 Å². The number of carboxylic acid groups (broad SMARTS) is 1. The highest BCUT2D eigenvalue weighted by atomic mass is 16.5. The van der Waals surface area contributed by atoms with Crippen molar-refractivity contribution in [2.75, 3.05) is 18.1 Å². The lowest BCUT2D eigenvalue weighted by Crippen LogP contribution is -2.36. The summed E-state index contributed by atoms with van der Waals surface area (Å²) in [5.41, 5.74) is 0.332. The van der Waals surface area contributed by atoms with E-state index < -0.39 is 18.5 Å². The van der Waals surface area contributed by atoms with Crippen molar-refractivity contribution in [3.05, 3.63) is 47.5 Å². The number of hydrogen-bond acceptors (Lipinski definition) is 6. The maximum atomic E-state index is 13.5. The molecule has 1 amide bonds. The second-order valence-electron chi connectivity index (χ2n) is 8.38. The number of aliphatic carboxylic acids is 1. The number of carbonyl (C=O) groups excluding carboxylic acids is 2. The second-order valence-corrected chi connectivity index (χ2v) is 8.38. The van der Waals surface area contributed by atoms with Gasteiger partial charge in [0.1, 0.15) is 17.1 Å². The molecule has 1 aliphatic rings. The fourth-order valence-electron chi connectivity index (χ4n) is 3.29. The summed E-state index contributed by atoms with van der Waals surface area (Å²) in [6.07, 6.45) is 0.245. The van der Waals surface area contributed by atoms with Gasteiger partial charge in [0.15, 0.2) is 18.1 Å². The van der Waals surface area contributed by atoms with Gasteiger partial charge in [-0.15, -0.1) is 0 Å². The summed E-state index contributed by atoms with van der Waals surface area (Å²) < 4.78 is 11.2. The van der Waals surface area contributed by atoms with Crippen LogP contribution in [0.5, 0.6) is 17.2 Å². The number of rotatable bonds is 6. The number of ketones is 1. The summed E-state index contributed by atoms with van der Waals surface area (Å²) >= 11 is 0. The highest BCUT2D eigenvalue weighted by Gasteiger charge is 2.33. The number of anilines is 1. The van der Waals surface area contributed by atoms with Crippen LogP contribution < -0.4 is 14.4 Å². The Labute approximate surface area is 179 Å². The quantitative estimate of drug-likeness (QED) is 0.753. The Hall–Kier alpha value is -3.86. The number of carbonyl (C=O) groups is 3. The third-order valence-electron chi connectivity index (χ3n) is 4.46. The summed E-state index contributed by atoms with van der Waals surface area (Å²) in [5.74, 6) is -1.44. The molecule has 2 aromatic carbocycles. The van der Waals surface area contributed by atoms with Gasteiger partial charge in [-0.25, -0.2) is 4.79 Å². The molecule has 0 spiro atoms. The number of nitrogens with zero attached hydrogens (tertiary/aromatic N) is 2. The number of hydrogen-bond donors (Lipinski definition) is 1. The van der Waals surface area contributed by atoms with Crippen molar-refractivity contribution in [1.29, 1.82) is 5.26 Å². The summed E-state index contributed by atoms with van der Waals surface area (Å²) in [4.78, 5) is 38.5. The van der Waals surface area contributed by atoms with Crippen LogP contribution in [0.15, 0.2) is 36.4 Å². The van der Waals surface area contributed by atoms with Gasteiger partial charge in [0.05, 0.1) is 23.9 Å². The third-order valence-corrected chi connectivity index (χ3v) is 4.46. The van der Waals surface area contributed by atoms with Crippen molar-refractivity contribution in [3.8, 4) is 23.3 Å². The zero-order chi connectivity index (χ0) is 22.8. The van der Waals surface area contributed by atoms with Crippen molar-refractivity contribution in [3.63, 3.8) is 0 Å². The molecule has 1 aliphatic heterocycles. The topological polar surface area (TPSA) is 117 Å². The summed E-state index contributed by atoms with van der Waals surface area (Å²) in [7, 11) is 0. The van der Waals surface area contributed by atoms with E-state index in [1.807, 2.05) is 26.8 Å². The Morgan fingerprint density at radius 1 is 1.19 bits per heavy atom. The van der Waals surface area contributed by atoms with Gasteiger partial charge < -0.3 is 14.6 Å². The molecule has 0 aromatic heterocycles. The number of carboxylic acids is 1. The molecular formula is C23H22N2O6. The molecule has 8 nitrogen and oxygen atoms in total. The minimum atomic E-state index is -1.20. The smallest absolute Gasteiger partial charge is 0.341 e. The van der Waals surface area contributed by atoms with Gasteiger partial charge in [0, 0.05) is 6.42 Å². The minimum absolute atomic E-state index is 0.0158. The molecule has 1 heterocycles. The highest BCUT2D eigenvalue weighted by Crippen LogP contribution is 2.42. The first-order chi connectivity index (χ1) is 14.6. The third kappa shape index (κ3) is 5.01. The lowest BCUT2D eigenvalue weighted by atomic mass is 9.90. The minimum Gasteiger partial charge on any atom is -0.481 e. The lowest BCUT2D eigenvalue weighted by Gasteiger charge is -2.24. The van der Waals surface area contributed by atoms with Crippen molar-refractivity contribution in [1.82, 2.24) is 0 Å². The van der Waals surface area contributed by atoms with Crippen LogP contribution in [0, 0.1) is 16.7 Å².